The van der Waals surface area contributed by atoms with E-state index >= 15 is 0 Å². The largest absolute Gasteiger partial charge is 0.368 e. The molecule has 1 heterocycles. The number of benzene rings is 10. The van der Waals surface area contributed by atoms with Crippen LogP contribution in [0.2, 0.25) is 0 Å². The standard InChI is InChI=1S/C69H54N2O2/c1-69(2)63-36-22-46(44-73-68-41-52-15-7-9-17-58(52)68)38-61(63)59-35-34-56(42-64(59)69)70(53-30-23-48(24-31-53)47-12-4-3-5-13-47)54-32-25-49(26-33-54)50-27-37-66-62(39-50)60-18-10-11-19-65(60)71(66)55-28-20-45(21-29-55)43-72-67-40-51-14-6-8-16-57(51)67/h3-39,42,67-68H,40-41,43-44H2,1-2H3. The Hall–Kier alpha value is -8.28. The highest BCUT2D eigenvalue weighted by Gasteiger charge is 2.36. The summed E-state index contributed by atoms with van der Waals surface area (Å²) in [5, 5.41) is 2.47. The second kappa shape index (κ2) is 17.5. The molecule has 4 heteroatoms. The highest BCUT2D eigenvalue weighted by molar-refractivity contribution is 6.10. The van der Waals surface area contributed by atoms with Crippen molar-refractivity contribution >= 4 is 38.9 Å². The lowest BCUT2D eigenvalue weighted by molar-refractivity contribution is 0.0243. The Labute approximate surface area is 427 Å². The first-order valence-corrected chi connectivity index (χ1v) is 25.8. The Kier molecular flexibility index (Phi) is 10.4. The fourth-order valence-corrected chi connectivity index (χ4v) is 12.0. The molecule has 4 nitrogen and oxygen atoms in total. The lowest BCUT2D eigenvalue weighted by Crippen LogP contribution is -2.19. The molecule has 0 amide bonds. The average Bonchev–Trinajstić information content (AvgIpc) is 3.87. The number of fused-ring (bicyclic) bond motifs is 8. The first-order valence-electron chi connectivity index (χ1n) is 25.8. The maximum Gasteiger partial charge on any atom is 0.0872 e. The zero-order valence-electron chi connectivity index (χ0n) is 41.1. The van der Waals surface area contributed by atoms with Crippen molar-refractivity contribution in [1.82, 2.24) is 4.57 Å². The average molecular weight is 943 g/mol. The molecule has 0 saturated carbocycles. The van der Waals surface area contributed by atoms with Crippen LogP contribution >= 0.6 is 0 Å². The fraction of sp³-hybridized carbons (Fsp3) is 0.130. The summed E-state index contributed by atoms with van der Waals surface area (Å²) in [6, 6.07) is 84.6. The zero-order chi connectivity index (χ0) is 48.6. The van der Waals surface area contributed by atoms with E-state index in [4.69, 9.17) is 9.47 Å². The monoisotopic (exact) mass is 942 g/mol. The molecule has 0 saturated heterocycles. The molecule has 2 unspecified atom stereocenters. The number of aromatic nitrogens is 1. The summed E-state index contributed by atoms with van der Waals surface area (Å²) >= 11 is 0. The molecule has 73 heavy (non-hydrogen) atoms. The van der Waals surface area contributed by atoms with E-state index in [0.29, 0.717) is 13.2 Å². The van der Waals surface area contributed by atoms with Crippen LogP contribution in [0.3, 0.4) is 0 Å². The highest BCUT2D eigenvalue weighted by Crippen LogP contribution is 2.51. The van der Waals surface area contributed by atoms with E-state index in [-0.39, 0.29) is 17.6 Å². The molecule has 0 radical (unpaired) electrons. The Balaban J connectivity index is 0.772. The SMILES string of the molecule is CC1(C)c2ccc(COC3Cc4ccccc43)cc2-c2ccc(N(c3ccc(-c4ccccc4)cc3)c3ccc(-c4ccc5c(c4)c4ccccc4n5-c4ccc(COC5Cc6ccccc65)cc4)cc3)cc21. The normalized spacial score (nSPS) is 15.8. The van der Waals surface area contributed by atoms with Crippen LogP contribution in [0.4, 0.5) is 17.1 Å². The number of nitrogens with zero attached hydrogens (tertiary/aromatic N) is 2. The van der Waals surface area contributed by atoms with Gasteiger partial charge in [0, 0.05) is 51.8 Å². The predicted octanol–water partition coefficient (Wildman–Crippen LogP) is 17.5. The van der Waals surface area contributed by atoms with Gasteiger partial charge in [0.05, 0.1) is 36.5 Å². The van der Waals surface area contributed by atoms with E-state index in [0.717, 1.165) is 35.6 Å². The van der Waals surface area contributed by atoms with Crippen LogP contribution in [0.1, 0.15) is 70.6 Å². The highest BCUT2D eigenvalue weighted by atomic mass is 16.5. The summed E-state index contributed by atoms with van der Waals surface area (Å²) in [6.45, 7) is 5.93. The third-order valence-corrected chi connectivity index (χ3v) is 16.1. The number of hydrogen-bond donors (Lipinski definition) is 0. The Morgan fingerprint density at radius 3 is 1.66 bits per heavy atom. The van der Waals surface area contributed by atoms with Gasteiger partial charge in [-0.25, -0.2) is 0 Å². The van der Waals surface area contributed by atoms with Gasteiger partial charge in [-0.05, 0) is 151 Å². The molecule has 0 bridgehead atoms. The minimum absolute atomic E-state index is 0.173. The van der Waals surface area contributed by atoms with Crippen LogP contribution in [-0.4, -0.2) is 4.57 Å². The minimum atomic E-state index is -0.178. The van der Waals surface area contributed by atoms with Gasteiger partial charge in [-0.15, -0.1) is 0 Å². The maximum atomic E-state index is 6.48. The number of para-hydroxylation sites is 1. The molecule has 3 aliphatic rings. The van der Waals surface area contributed by atoms with E-state index in [1.807, 2.05) is 0 Å². The van der Waals surface area contributed by atoms with E-state index in [1.54, 1.807) is 0 Å². The Morgan fingerprint density at radius 2 is 0.973 bits per heavy atom. The molecule has 14 rings (SSSR count). The molecule has 0 aliphatic heterocycles. The second-order valence-corrected chi connectivity index (χ2v) is 20.7. The molecule has 0 fully saturated rings. The Bertz CT molecular complexity index is 3890. The first kappa shape index (κ1) is 43.5. The predicted molar refractivity (Wildman–Crippen MR) is 299 cm³/mol. The van der Waals surface area contributed by atoms with Gasteiger partial charge in [0.1, 0.15) is 0 Å². The van der Waals surface area contributed by atoms with Crippen molar-refractivity contribution < 1.29 is 9.47 Å². The van der Waals surface area contributed by atoms with Crippen LogP contribution in [0.5, 0.6) is 0 Å². The van der Waals surface area contributed by atoms with Crippen molar-refractivity contribution in [3.05, 3.63) is 275 Å². The molecule has 0 N–H and O–H groups in total. The molecule has 3 aliphatic carbocycles. The fourth-order valence-electron chi connectivity index (χ4n) is 12.0. The van der Waals surface area contributed by atoms with Crippen molar-refractivity contribution in [3.63, 3.8) is 0 Å². The second-order valence-electron chi connectivity index (χ2n) is 20.7. The summed E-state index contributed by atoms with van der Waals surface area (Å²) in [4.78, 5) is 2.41. The topological polar surface area (TPSA) is 26.6 Å². The van der Waals surface area contributed by atoms with Crippen LogP contribution in [-0.2, 0) is 40.9 Å². The molecule has 10 aromatic carbocycles. The van der Waals surface area contributed by atoms with Gasteiger partial charge < -0.3 is 18.9 Å². The summed E-state index contributed by atoms with van der Waals surface area (Å²) in [5.74, 6) is 0. The molecule has 352 valence electrons. The van der Waals surface area contributed by atoms with Crippen molar-refractivity contribution in [2.45, 2.75) is 57.5 Å². The first-order chi connectivity index (χ1) is 35.9. The molecule has 2 atom stereocenters. The summed E-state index contributed by atoms with van der Waals surface area (Å²) in [6.07, 6.45) is 2.33. The van der Waals surface area contributed by atoms with Crippen LogP contribution in [0.15, 0.2) is 231 Å². The molecule has 11 aromatic rings. The third-order valence-electron chi connectivity index (χ3n) is 16.1. The van der Waals surface area contributed by atoms with Crippen LogP contribution < -0.4 is 4.90 Å². The molecule has 0 spiro atoms. The lowest BCUT2D eigenvalue weighted by Gasteiger charge is -2.30. The van der Waals surface area contributed by atoms with Gasteiger partial charge in [0.2, 0.25) is 0 Å². The van der Waals surface area contributed by atoms with E-state index in [2.05, 4.69) is 254 Å². The minimum Gasteiger partial charge on any atom is -0.368 e. The number of anilines is 3. The van der Waals surface area contributed by atoms with Gasteiger partial charge in [-0.2, -0.15) is 0 Å². The number of ether oxygens (including phenoxy) is 2. The van der Waals surface area contributed by atoms with E-state index < -0.39 is 0 Å². The van der Waals surface area contributed by atoms with E-state index in [1.165, 1.54) is 99.7 Å². The lowest BCUT2D eigenvalue weighted by atomic mass is 9.82. The molecular weight excluding hydrogens is 889 g/mol. The molecule has 1 aromatic heterocycles. The summed E-state index contributed by atoms with van der Waals surface area (Å²) in [5.41, 5.74) is 24.6. The summed E-state index contributed by atoms with van der Waals surface area (Å²) in [7, 11) is 0. The number of hydrogen-bond acceptors (Lipinski definition) is 3. The van der Waals surface area contributed by atoms with Gasteiger partial charge in [-0.1, -0.05) is 172 Å². The van der Waals surface area contributed by atoms with Crippen molar-refractivity contribution in [3.8, 4) is 39.1 Å². The van der Waals surface area contributed by atoms with Crippen LogP contribution in [0.25, 0.3) is 60.9 Å². The van der Waals surface area contributed by atoms with E-state index in [9.17, 15) is 0 Å². The van der Waals surface area contributed by atoms with Gasteiger partial charge in [-0.3, -0.25) is 0 Å². The van der Waals surface area contributed by atoms with Crippen molar-refractivity contribution in [2.24, 2.45) is 0 Å². The maximum absolute atomic E-state index is 6.48. The van der Waals surface area contributed by atoms with Gasteiger partial charge >= 0.3 is 0 Å². The molecular formula is C69H54N2O2. The quantitative estimate of drug-likeness (QED) is 0.122. The third kappa shape index (κ3) is 7.52. The smallest absolute Gasteiger partial charge is 0.0872 e. The van der Waals surface area contributed by atoms with Crippen molar-refractivity contribution in [1.29, 1.82) is 0 Å². The van der Waals surface area contributed by atoms with Crippen molar-refractivity contribution in [2.75, 3.05) is 4.90 Å². The van der Waals surface area contributed by atoms with Gasteiger partial charge in [0.15, 0.2) is 0 Å². The van der Waals surface area contributed by atoms with Gasteiger partial charge in [0.25, 0.3) is 0 Å². The zero-order valence-corrected chi connectivity index (χ0v) is 41.1. The van der Waals surface area contributed by atoms with Crippen LogP contribution in [0, 0.1) is 0 Å². The summed E-state index contributed by atoms with van der Waals surface area (Å²) < 4.78 is 15.2. The Morgan fingerprint density at radius 1 is 0.425 bits per heavy atom. The number of rotatable bonds is 12.